The summed E-state index contributed by atoms with van der Waals surface area (Å²) in [6, 6.07) is 23.5. The molecule has 2 N–H and O–H groups in total. The van der Waals surface area contributed by atoms with Gasteiger partial charge >= 0.3 is 0 Å². The van der Waals surface area contributed by atoms with E-state index in [-0.39, 0.29) is 22.8 Å². The lowest BCUT2D eigenvalue weighted by molar-refractivity contribution is 0.445. The minimum Gasteiger partial charge on any atom is -0.507 e. The second-order valence-electron chi connectivity index (χ2n) is 7.72. The van der Waals surface area contributed by atoms with Gasteiger partial charge in [0.25, 0.3) is 0 Å². The van der Waals surface area contributed by atoms with Crippen LogP contribution in [0.5, 0.6) is 11.5 Å². The monoisotopic (exact) mass is 442 g/mol. The minimum atomic E-state index is -3.28. The summed E-state index contributed by atoms with van der Waals surface area (Å²) in [5.74, 6) is 6.28. The lowest BCUT2D eigenvalue weighted by atomic mass is 9.97. The van der Waals surface area contributed by atoms with Crippen molar-refractivity contribution in [2.24, 2.45) is 0 Å². The first-order chi connectivity index (χ1) is 15.3. The molecule has 0 saturated heterocycles. The molecule has 0 radical (unpaired) electrons. The largest absolute Gasteiger partial charge is 0.507 e. The number of fused-ring (bicyclic) bond motifs is 1. The first-order valence-electron chi connectivity index (χ1n) is 10.1. The van der Waals surface area contributed by atoms with E-state index in [9.17, 15) is 18.6 Å². The Kier molecular flexibility index (Phi) is 5.89. The normalized spacial score (nSPS) is 11.2. The predicted molar refractivity (Wildman–Crippen MR) is 127 cm³/mol. The maximum Gasteiger partial charge on any atom is 0.175 e. The van der Waals surface area contributed by atoms with Crippen LogP contribution in [0.3, 0.4) is 0 Å². The third-order valence-corrected chi connectivity index (χ3v) is 6.42. The van der Waals surface area contributed by atoms with Crippen LogP contribution >= 0.6 is 0 Å². The highest BCUT2D eigenvalue weighted by atomic mass is 32.2. The summed E-state index contributed by atoms with van der Waals surface area (Å²) in [5, 5.41) is 22.7. The van der Waals surface area contributed by atoms with E-state index >= 15 is 0 Å². The molecule has 0 amide bonds. The molecule has 0 bridgehead atoms. The van der Waals surface area contributed by atoms with Crippen LogP contribution in [-0.2, 0) is 22.7 Å². The molecule has 0 heterocycles. The van der Waals surface area contributed by atoms with Crippen molar-refractivity contribution in [3.63, 3.8) is 0 Å². The smallest absolute Gasteiger partial charge is 0.175 e. The Hall–Kier alpha value is -3.75. The summed E-state index contributed by atoms with van der Waals surface area (Å²) in [4.78, 5) is 0.229. The van der Waals surface area contributed by atoms with E-state index in [1.807, 2.05) is 48.5 Å². The molecule has 5 heteroatoms. The van der Waals surface area contributed by atoms with Crippen LogP contribution in [0.4, 0.5) is 0 Å². The highest BCUT2D eigenvalue weighted by Crippen LogP contribution is 2.37. The maximum absolute atomic E-state index is 11.7. The molecule has 0 spiro atoms. The number of phenols is 2. The van der Waals surface area contributed by atoms with Crippen LogP contribution in [0.2, 0.25) is 0 Å². The van der Waals surface area contributed by atoms with Crippen molar-refractivity contribution in [3.8, 4) is 23.3 Å². The van der Waals surface area contributed by atoms with Crippen LogP contribution in [0, 0.1) is 11.8 Å². The van der Waals surface area contributed by atoms with Gasteiger partial charge in [-0.15, -0.1) is 0 Å². The maximum atomic E-state index is 11.7. The van der Waals surface area contributed by atoms with Gasteiger partial charge in [-0.3, -0.25) is 0 Å². The average molecular weight is 443 g/mol. The predicted octanol–water partition coefficient (Wildman–Crippen LogP) is 4.84. The fraction of sp³-hybridized carbons (Fsp3) is 0.111. The number of phenolic OH excluding ortho intramolecular Hbond substituents is 2. The van der Waals surface area contributed by atoms with Gasteiger partial charge in [-0.05, 0) is 46.8 Å². The Labute approximate surface area is 187 Å². The lowest BCUT2D eigenvalue weighted by Crippen LogP contribution is -1.97. The zero-order chi connectivity index (χ0) is 22.7. The molecule has 0 aliphatic heterocycles. The molecule has 0 fully saturated rings. The van der Waals surface area contributed by atoms with E-state index in [1.54, 1.807) is 18.2 Å². The van der Waals surface area contributed by atoms with Gasteiger partial charge in [0, 0.05) is 35.6 Å². The SMILES string of the molecule is CS(=O)(=O)c1ccc(Cc2c(O)cc3ccc(C#CCc4ccccc4)cc3c2O)cc1. The van der Waals surface area contributed by atoms with Crippen LogP contribution in [0.1, 0.15) is 22.3 Å². The summed E-state index contributed by atoms with van der Waals surface area (Å²) in [6.07, 6.45) is 2.06. The number of benzene rings is 4. The quantitative estimate of drug-likeness (QED) is 0.444. The van der Waals surface area contributed by atoms with E-state index in [4.69, 9.17) is 0 Å². The van der Waals surface area contributed by atoms with Gasteiger partial charge in [-0.1, -0.05) is 60.4 Å². The molecule has 4 aromatic carbocycles. The molecular formula is C27H22O4S. The minimum absolute atomic E-state index is 0.00102. The van der Waals surface area contributed by atoms with E-state index in [0.717, 1.165) is 22.9 Å². The molecule has 0 atom stereocenters. The van der Waals surface area contributed by atoms with Crippen molar-refractivity contribution in [3.05, 3.63) is 101 Å². The molecule has 4 aromatic rings. The standard InChI is InChI=1S/C27H22O4S/c1-32(30,31)23-14-11-21(12-15-23)17-25-26(28)18-22-13-10-20(16-24(22)27(25)29)9-5-8-19-6-3-2-4-7-19/h2-4,6-7,10-16,18,28-29H,8,17H2,1H3. The number of hydrogen-bond donors (Lipinski definition) is 2. The van der Waals surface area contributed by atoms with Gasteiger partial charge in [0.15, 0.2) is 9.84 Å². The summed E-state index contributed by atoms with van der Waals surface area (Å²) >= 11 is 0. The van der Waals surface area contributed by atoms with Crippen LogP contribution in [0.15, 0.2) is 83.8 Å². The zero-order valence-corrected chi connectivity index (χ0v) is 18.4. The Balaban J connectivity index is 1.64. The van der Waals surface area contributed by atoms with Gasteiger partial charge in [-0.2, -0.15) is 0 Å². The van der Waals surface area contributed by atoms with Crippen molar-refractivity contribution in [1.82, 2.24) is 0 Å². The fourth-order valence-electron chi connectivity index (χ4n) is 3.56. The number of rotatable bonds is 4. The second kappa shape index (κ2) is 8.78. The third kappa shape index (κ3) is 4.77. The molecule has 4 nitrogen and oxygen atoms in total. The molecule has 0 unspecified atom stereocenters. The zero-order valence-electron chi connectivity index (χ0n) is 17.5. The Morgan fingerprint density at radius 3 is 2.25 bits per heavy atom. The number of sulfone groups is 1. The summed E-state index contributed by atoms with van der Waals surface area (Å²) in [7, 11) is -3.28. The molecule has 32 heavy (non-hydrogen) atoms. The van der Waals surface area contributed by atoms with Gasteiger partial charge in [0.2, 0.25) is 0 Å². The average Bonchev–Trinajstić information content (AvgIpc) is 2.77. The summed E-state index contributed by atoms with van der Waals surface area (Å²) in [5.41, 5.74) is 3.08. The molecular weight excluding hydrogens is 420 g/mol. The highest BCUT2D eigenvalue weighted by molar-refractivity contribution is 7.90. The van der Waals surface area contributed by atoms with E-state index in [0.29, 0.717) is 22.8 Å². The molecule has 160 valence electrons. The van der Waals surface area contributed by atoms with E-state index in [2.05, 4.69) is 11.8 Å². The van der Waals surface area contributed by atoms with Crippen molar-refractivity contribution in [2.45, 2.75) is 17.7 Å². The Bertz CT molecular complexity index is 1440. The second-order valence-corrected chi connectivity index (χ2v) is 9.73. The number of hydrogen-bond acceptors (Lipinski definition) is 4. The van der Waals surface area contributed by atoms with E-state index in [1.165, 1.54) is 12.1 Å². The molecule has 0 aliphatic carbocycles. The van der Waals surface area contributed by atoms with Gasteiger partial charge < -0.3 is 10.2 Å². The van der Waals surface area contributed by atoms with Crippen LogP contribution in [0.25, 0.3) is 10.8 Å². The summed E-state index contributed by atoms with van der Waals surface area (Å²) in [6.45, 7) is 0. The van der Waals surface area contributed by atoms with Gasteiger partial charge in [0.05, 0.1) is 4.90 Å². The molecule has 4 rings (SSSR count). The first-order valence-corrected chi connectivity index (χ1v) is 12.0. The van der Waals surface area contributed by atoms with Crippen molar-refractivity contribution in [2.75, 3.05) is 6.26 Å². The van der Waals surface area contributed by atoms with Gasteiger partial charge in [0.1, 0.15) is 11.5 Å². The molecule has 0 aliphatic rings. The topological polar surface area (TPSA) is 74.6 Å². The van der Waals surface area contributed by atoms with Crippen molar-refractivity contribution < 1.29 is 18.6 Å². The highest BCUT2D eigenvalue weighted by Gasteiger charge is 2.14. The molecule has 0 aromatic heterocycles. The number of aromatic hydroxyl groups is 2. The van der Waals surface area contributed by atoms with Crippen molar-refractivity contribution >= 4 is 20.6 Å². The van der Waals surface area contributed by atoms with Crippen LogP contribution < -0.4 is 0 Å². The van der Waals surface area contributed by atoms with Crippen molar-refractivity contribution in [1.29, 1.82) is 0 Å². The summed E-state index contributed by atoms with van der Waals surface area (Å²) < 4.78 is 23.3. The van der Waals surface area contributed by atoms with E-state index < -0.39 is 9.84 Å². The van der Waals surface area contributed by atoms with Gasteiger partial charge in [-0.25, -0.2) is 8.42 Å². The third-order valence-electron chi connectivity index (χ3n) is 5.30. The first kappa shape index (κ1) is 21.5. The Morgan fingerprint density at radius 1 is 0.844 bits per heavy atom. The lowest BCUT2D eigenvalue weighted by Gasteiger charge is -2.12. The molecule has 0 saturated carbocycles. The Morgan fingerprint density at radius 2 is 1.56 bits per heavy atom. The van der Waals surface area contributed by atoms with Crippen LogP contribution in [-0.4, -0.2) is 24.9 Å². The fourth-order valence-corrected chi connectivity index (χ4v) is 4.19.